The third-order valence-electron chi connectivity index (χ3n) is 8.28. The number of carbonyl (C=O) groups is 3. The van der Waals surface area contributed by atoms with E-state index in [4.69, 9.17) is 0 Å². The van der Waals surface area contributed by atoms with Gasteiger partial charge in [-0.15, -0.1) is 0 Å². The molecule has 4 aromatic carbocycles. The van der Waals surface area contributed by atoms with Gasteiger partial charge in [0.05, 0.1) is 12.0 Å². The van der Waals surface area contributed by atoms with Crippen LogP contribution in [0.2, 0.25) is 0 Å². The third kappa shape index (κ3) is 3.21. The average Bonchev–Trinajstić information content (AvgIpc) is 3.45. The van der Waals surface area contributed by atoms with Gasteiger partial charge in [0.1, 0.15) is 17.3 Å². The second-order valence-electron chi connectivity index (χ2n) is 10.2. The molecule has 4 atom stereocenters. The van der Waals surface area contributed by atoms with Gasteiger partial charge in [-0.1, -0.05) is 78.9 Å². The van der Waals surface area contributed by atoms with Crippen molar-refractivity contribution in [2.24, 2.45) is 5.92 Å². The zero-order valence-corrected chi connectivity index (χ0v) is 20.8. The standard InChI is InChI=1S/C33H23FN2O3/c34-23-17-14-22(15-18-23)30(37)28-29(31(38)21-9-2-1-3-10-21)36-26-13-7-4-8-20(26)16-19-27(36)33(28)24-11-5-6-12-25(24)35-32(33)39/h1-19,27-29H,(H,35,39)/t27-,28+,29-,33-/m1/s1. The molecule has 0 saturated carbocycles. The van der Waals surface area contributed by atoms with Gasteiger partial charge in [0.2, 0.25) is 5.91 Å². The molecule has 0 aromatic heterocycles. The first-order valence-corrected chi connectivity index (χ1v) is 12.9. The summed E-state index contributed by atoms with van der Waals surface area (Å²) >= 11 is 0. The molecule has 0 bridgehead atoms. The maximum atomic E-state index is 14.6. The molecule has 3 heterocycles. The van der Waals surface area contributed by atoms with Gasteiger partial charge in [-0.25, -0.2) is 4.39 Å². The predicted octanol–water partition coefficient (Wildman–Crippen LogP) is 5.68. The van der Waals surface area contributed by atoms with Crippen molar-refractivity contribution in [1.29, 1.82) is 0 Å². The Hall–Kier alpha value is -4.84. The van der Waals surface area contributed by atoms with Crippen molar-refractivity contribution in [3.05, 3.63) is 137 Å². The number of carbonyl (C=O) groups excluding carboxylic acids is 3. The number of para-hydroxylation sites is 2. The second kappa shape index (κ2) is 8.60. The summed E-state index contributed by atoms with van der Waals surface area (Å²) in [5.74, 6) is -2.51. The number of ketones is 2. The summed E-state index contributed by atoms with van der Waals surface area (Å²) < 4.78 is 13.9. The van der Waals surface area contributed by atoms with Crippen LogP contribution in [0.5, 0.6) is 0 Å². The first-order chi connectivity index (χ1) is 19.0. The molecule has 1 spiro atoms. The fourth-order valence-corrected chi connectivity index (χ4v) is 6.69. The first-order valence-electron chi connectivity index (χ1n) is 12.9. The number of hydrogen-bond acceptors (Lipinski definition) is 4. The number of fused-ring (bicyclic) bond motifs is 6. The number of Topliss-reactive ketones (excluding diaryl/α,β-unsaturated/α-hetero) is 2. The lowest BCUT2D eigenvalue weighted by Gasteiger charge is -2.37. The van der Waals surface area contributed by atoms with Crippen LogP contribution in [0.4, 0.5) is 15.8 Å². The van der Waals surface area contributed by atoms with Gasteiger partial charge in [-0.05, 0) is 47.5 Å². The van der Waals surface area contributed by atoms with Crippen LogP contribution in [-0.4, -0.2) is 29.6 Å². The minimum atomic E-state index is -1.39. The maximum Gasteiger partial charge on any atom is 0.238 e. The lowest BCUT2D eigenvalue weighted by molar-refractivity contribution is -0.121. The molecule has 39 heavy (non-hydrogen) atoms. The van der Waals surface area contributed by atoms with Gasteiger partial charge in [0.25, 0.3) is 0 Å². The zero-order chi connectivity index (χ0) is 26.7. The van der Waals surface area contributed by atoms with E-state index in [1.807, 2.05) is 71.6 Å². The molecule has 0 aliphatic carbocycles. The molecule has 1 amide bonds. The summed E-state index contributed by atoms with van der Waals surface area (Å²) in [6.07, 6.45) is 3.90. The van der Waals surface area contributed by atoms with E-state index in [2.05, 4.69) is 5.32 Å². The van der Waals surface area contributed by atoms with Gasteiger partial charge >= 0.3 is 0 Å². The number of amides is 1. The summed E-state index contributed by atoms with van der Waals surface area (Å²) in [6, 6.07) is 27.6. The number of nitrogens with zero attached hydrogens (tertiary/aromatic N) is 1. The highest BCUT2D eigenvalue weighted by molar-refractivity contribution is 6.18. The first kappa shape index (κ1) is 23.3. The molecule has 1 saturated heterocycles. The van der Waals surface area contributed by atoms with E-state index in [0.29, 0.717) is 16.8 Å². The quantitative estimate of drug-likeness (QED) is 0.356. The highest BCUT2D eigenvalue weighted by atomic mass is 19.1. The Kier molecular flexibility index (Phi) is 5.13. The van der Waals surface area contributed by atoms with E-state index < -0.39 is 29.2 Å². The van der Waals surface area contributed by atoms with E-state index in [1.54, 1.807) is 24.3 Å². The van der Waals surface area contributed by atoms with Crippen LogP contribution < -0.4 is 10.2 Å². The Morgan fingerprint density at radius 2 is 1.44 bits per heavy atom. The average molecular weight is 515 g/mol. The smallest absolute Gasteiger partial charge is 0.238 e. The molecule has 1 N–H and O–H groups in total. The lowest BCUT2D eigenvalue weighted by Crippen LogP contribution is -2.51. The largest absolute Gasteiger partial charge is 0.352 e. The van der Waals surface area contributed by atoms with E-state index in [9.17, 15) is 18.8 Å². The van der Waals surface area contributed by atoms with Crippen LogP contribution in [0.25, 0.3) is 6.08 Å². The van der Waals surface area contributed by atoms with Crippen molar-refractivity contribution >= 4 is 34.9 Å². The zero-order valence-electron chi connectivity index (χ0n) is 20.8. The van der Waals surface area contributed by atoms with Crippen molar-refractivity contribution in [3.8, 4) is 0 Å². The topological polar surface area (TPSA) is 66.5 Å². The molecule has 0 unspecified atom stereocenters. The van der Waals surface area contributed by atoms with Gasteiger partial charge < -0.3 is 10.2 Å². The van der Waals surface area contributed by atoms with Crippen LogP contribution >= 0.6 is 0 Å². The van der Waals surface area contributed by atoms with Crippen LogP contribution in [0.1, 0.15) is 31.8 Å². The minimum absolute atomic E-state index is 0.250. The molecule has 6 heteroatoms. The summed E-state index contributed by atoms with van der Waals surface area (Å²) in [7, 11) is 0. The Labute approximate surface area is 224 Å². The molecular weight excluding hydrogens is 491 g/mol. The van der Waals surface area contributed by atoms with Crippen LogP contribution in [0.3, 0.4) is 0 Å². The molecule has 3 aliphatic heterocycles. The number of anilines is 2. The van der Waals surface area contributed by atoms with Crippen molar-refractivity contribution in [3.63, 3.8) is 0 Å². The fourth-order valence-electron chi connectivity index (χ4n) is 6.69. The Balaban J connectivity index is 1.54. The summed E-state index contributed by atoms with van der Waals surface area (Å²) in [5.41, 5.74) is 2.30. The van der Waals surface area contributed by atoms with Crippen molar-refractivity contribution < 1.29 is 18.8 Å². The van der Waals surface area contributed by atoms with E-state index in [0.717, 1.165) is 11.3 Å². The SMILES string of the molecule is O=C(c1ccc(F)cc1)[C@@H]1[C@H](C(=O)c2ccccc2)N2c3ccccc3C=C[C@@H]2[C@@]12C(=O)Nc1ccccc12. The predicted molar refractivity (Wildman–Crippen MR) is 147 cm³/mol. The minimum Gasteiger partial charge on any atom is -0.352 e. The van der Waals surface area contributed by atoms with E-state index in [1.165, 1.54) is 24.3 Å². The number of rotatable bonds is 4. The molecule has 7 rings (SSSR count). The van der Waals surface area contributed by atoms with Crippen molar-refractivity contribution in [1.82, 2.24) is 0 Å². The number of hydrogen-bond donors (Lipinski definition) is 1. The molecule has 1 fully saturated rings. The van der Waals surface area contributed by atoms with Gasteiger partial charge in [0, 0.05) is 22.5 Å². The monoisotopic (exact) mass is 514 g/mol. The molecular formula is C33H23FN2O3. The molecule has 5 nitrogen and oxygen atoms in total. The van der Waals surface area contributed by atoms with Crippen molar-refractivity contribution in [2.75, 3.05) is 10.2 Å². The summed E-state index contributed by atoms with van der Waals surface area (Å²) in [5, 5.41) is 3.01. The summed E-state index contributed by atoms with van der Waals surface area (Å²) in [4.78, 5) is 45.2. The molecule has 3 aliphatic rings. The number of halogens is 1. The van der Waals surface area contributed by atoms with Crippen LogP contribution in [0.15, 0.2) is 109 Å². The molecule has 0 radical (unpaired) electrons. The van der Waals surface area contributed by atoms with E-state index >= 15 is 0 Å². The fraction of sp³-hybridized carbons (Fsp3) is 0.121. The van der Waals surface area contributed by atoms with Gasteiger partial charge in [0.15, 0.2) is 11.6 Å². The van der Waals surface area contributed by atoms with Gasteiger partial charge in [-0.2, -0.15) is 0 Å². The van der Waals surface area contributed by atoms with Crippen LogP contribution in [0, 0.1) is 11.7 Å². The normalized spacial score (nSPS) is 24.2. The Bertz CT molecular complexity index is 1680. The lowest BCUT2D eigenvalue weighted by atomic mass is 9.64. The Morgan fingerprint density at radius 1 is 0.769 bits per heavy atom. The Morgan fingerprint density at radius 3 is 2.23 bits per heavy atom. The number of benzene rings is 4. The van der Waals surface area contributed by atoms with Crippen LogP contribution in [-0.2, 0) is 10.2 Å². The molecule has 190 valence electrons. The maximum absolute atomic E-state index is 14.6. The summed E-state index contributed by atoms with van der Waals surface area (Å²) in [6.45, 7) is 0. The van der Waals surface area contributed by atoms with Crippen molar-refractivity contribution in [2.45, 2.75) is 17.5 Å². The van der Waals surface area contributed by atoms with E-state index in [-0.39, 0.29) is 23.0 Å². The third-order valence-corrected chi connectivity index (χ3v) is 8.28. The highest BCUT2D eigenvalue weighted by Gasteiger charge is 2.70. The van der Waals surface area contributed by atoms with Gasteiger partial charge in [-0.3, -0.25) is 14.4 Å². The number of nitrogens with one attached hydrogen (secondary N) is 1. The highest BCUT2D eigenvalue weighted by Crippen LogP contribution is 2.58. The second-order valence-corrected chi connectivity index (χ2v) is 10.2. The molecule has 4 aromatic rings.